The molecule has 0 unspecified atom stereocenters. The first-order valence-corrected chi connectivity index (χ1v) is 9.80. The van der Waals surface area contributed by atoms with Crippen LogP contribution in [0.25, 0.3) is 11.4 Å². The highest BCUT2D eigenvalue weighted by Crippen LogP contribution is 2.19. The standard InChI is InChI=1S/C19H26ClN5O3/c1-27-12-2-7-21-17(26)13-24-8-10-25(11-9-24)14-18-22-19(23-28-18)15-3-5-16(20)6-4-15/h3-6H,2,7-14H2,1H3,(H,21,26). The molecule has 2 aromatic rings. The van der Waals surface area contributed by atoms with Crippen molar-refractivity contribution >= 4 is 17.5 Å². The van der Waals surface area contributed by atoms with E-state index in [1.165, 1.54) is 0 Å². The predicted octanol–water partition coefficient (Wildman–Crippen LogP) is 1.66. The molecule has 0 bridgehead atoms. The molecule has 0 atom stereocenters. The molecule has 1 fully saturated rings. The first kappa shape index (κ1) is 20.7. The highest BCUT2D eigenvalue weighted by molar-refractivity contribution is 6.30. The first-order valence-electron chi connectivity index (χ1n) is 9.43. The number of aromatic nitrogens is 2. The summed E-state index contributed by atoms with van der Waals surface area (Å²) in [6, 6.07) is 7.35. The molecule has 2 heterocycles. The van der Waals surface area contributed by atoms with E-state index in [2.05, 4.69) is 25.3 Å². The van der Waals surface area contributed by atoms with Gasteiger partial charge in [-0.05, 0) is 30.7 Å². The van der Waals surface area contributed by atoms with E-state index >= 15 is 0 Å². The topological polar surface area (TPSA) is 83.7 Å². The van der Waals surface area contributed by atoms with Gasteiger partial charge in [0.05, 0.1) is 13.1 Å². The normalized spacial score (nSPS) is 15.6. The smallest absolute Gasteiger partial charge is 0.241 e. The number of hydrogen-bond acceptors (Lipinski definition) is 7. The van der Waals surface area contributed by atoms with Crippen molar-refractivity contribution in [2.45, 2.75) is 13.0 Å². The molecule has 1 saturated heterocycles. The third-order valence-corrected chi connectivity index (χ3v) is 4.86. The average molecular weight is 408 g/mol. The maximum absolute atomic E-state index is 12.0. The number of nitrogens with one attached hydrogen (secondary N) is 1. The highest BCUT2D eigenvalue weighted by atomic mass is 35.5. The Morgan fingerprint density at radius 1 is 1.21 bits per heavy atom. The molecule has 3 rings (SSSR count). The molecule has 1 aliphatic heterocycles. The number of hydrogen-bond donors (Lipinski definition) is 1. The van der Waals surface area contributed by atoms with Crippen molar-refractivity contribution in [2.75, 3.05) is 53.0 Å². The molecule has 0 radical (unpaired) electrons. The monoisotopic (exact) mass is 407 g/mol. The summed E-state index contributed by atoms with van der Waals surface area (Å²) >= 11 is 5.91. The quantitative estimate of drug-likeness (QED) is 0.633. The molecular weight excluding hydrogens is 382 g/mol. The number of amides is 1. The van der Waals surface area contributed by atoms with Gasteiger partial charge in [-0.3, -0.25) is 14.6 Å². The predicted molar refractivity (Wildman–Crippen MR) is 106 cm³/mol. The summed E-state index contributed by atoms with van der Waals surface area (Å²) < 4.78 is 10.4. The second kappa shape index (κ2) is 10.5. The zero-order chi connectivity index (χ0) is 19.8. The summed E-state index contributed by atoms with van der Waals surface area (Å²) in [5.41, 5.74) is 0.876. The minimum absolute atomic E-state index is 0.0639. The van der Waals surface area contributed by atoms with Gasteiger partial charge in [-0.25, -0.2) is 0 Å². The molecule has 1 aliphatic rings. The lowest BCUT2D eigenvalue weighted by molar-refractivity contribution is -0.122. The van der Waals surface area contributed by atoms with Crippen molar-refractivity contribution in [3.63, 3.8) is 0 Å². The summed E-state index contributed by atoms with van der Waals surface area (Å²) in [6.07, 6.45) is 0.832. The molecule has 1 N–H and O–H groups in total. The summed E-state index contributed by atoms with van der Waals surface area (Å²) in [7, 11) is 1.66. The summed E-state index contributed by atoms with van der Waals surface area (Å²) in [6.45, 7) is 5.74. The fourth-order valence-electron chi connectivity index (χ4n) is 3.04. The number of ether oxygens (including phenoxy) is 1. The van der Waals surface area contributed by atoms with Crippen LogP contribution < -0.4 is 5.32 Å². The van der Waals surface area contributed by atoms with Crippen LogP contribution in [-0.2, 0) is 16.1 Å². The lowest BCUT2D eigenvalue weighted by Crippen LogP contribution is -2.49. The van der Waals surface area contributed by atoms with Crippen LogP contribution in [0.2, 0.25) is 5.02 Å². The Morgan fingerprint density at radius 2 is 1.93 bits per heavy atom. The van der Waals surface area contributed by atoms with Gasteiger partial charge >= 0.3 is 0 Å². The molecule has 1 aromatic carbocycles. The molecule has 9 heteroatoms. The molecule has 1 aromatic heterocycles. The number of methoxy groups -OCH3 is 1. The minimum atomic E-state index is 0.0639. The third kappa shape index (κ3) is 6.27. The average Bonchev–Trinajstić information content (AvgIpc) is 3.16. The van der Waals surface area contributed by atoms with E-state index < -0.39 is 0 Å². The van der Waals surface area contributed by atoms with Gasteiger partial charge in [0.25, 0.3) is 0 Å². The van der Waals surface area contributed by atoms with Crippen LogP contribution in [0, 0.1) is 0 Å². The van der Waals surface area contributed by atoms with Crippen LogP contribution in [-0.4, -0.2) is 78.8 Å². The van der Waals surface area contributed by atoms with Gasteiger partial charge in [0.15, 0.2) is 0 Å². The molecule has 152 valence electrons. The lowest BCUT2D eigenvalue weighted by Gasteiger charge is -2.33. The lowest BCUT2D eigenvalue weighted by atomic mass is 10.2. The van der Waals surface area contributed by atoms with Gasteiger partial charge in [0.1, 0.15) is 0 Å². The Morgan fingerprint density at radius 3 is 2.64 bits per heavy atom. The molecule has 8 nitrogen and oxygen atoms in total. The summed E-state index contributed by atoms with van der Waals surface area (Å²) in [5, 5.41) is 7.65. The second-order valence-corrected chi connectivity index (χ2v) is 7.20. The Kier molecular flexibility index (Phi) is 7.79. The Bertz CT molecular complexity index is 744. The maximum Gasteiger partial charge on any atom is 0.241 e. The number of benzene rings is 1. The fraction of sp³-hybridized carbons (Fsp3) is 0.526. The number of carbonyl (C=O) groups is 1. The van der Waals surface area contributed by atoms with E-state index in [9.17, 15) is 4.79 Å². The van der Waals surface area contributed by atoms with Crippen LogP contribution in [0.4, 0.5) is 0 Å². The Labute approximate surface area is 169 Å². The van der Waals surface area contributed by atoms with Gasteiger partial charge in [-0.2, -0.15) is 4.98 Å². The van der Waals surface area contributed by atoms with E-state index in [1.807, 2.05) is 12.1 Å². The van der Waals surface area contributed by atoms with E-state index in [-0.39, 0.29) is 5.91 Å². The van der Waals surface area contributed by atoms with Crippen LogP contribution in [0.3, 0.4) is 0 Å². The Balaban J connectivity index is 1.40. The molecular formula is C19H26ClN5O3. The van der Waals surface area contributed by atoms with Gasteiger partial charge in [0.2, 0.25) is 17.6 Å². The summed E-state index contributed by atoms with van der Waals surface area (Å²) in [5.74, 6) is 1.22. The Hall–Kier alpha value is -2.00. The van der Waals surface area contributed by atoms with Crippen molar-refractivity contribution in [1.29, 1.82) is 0 Å². The number of rotatable bonds is 9. The van der Waals surface area contributed by atoms with E-state index in [0.717, 1.165) is 38.2 Å². The molecule has 0 saturated carbocycles. The van der Waals surface area contributed by atoms with Crippen LogP contribution >= 0.6 is 11.6 Å². The fourth-order valence-corrected chi connectivity index (χ4v) is 3.16. The zero-order valence-electron chi connectivity index (χ0n) is 16.1. The third-order valence-electron chi connectivity index (χ3n) is 4.61. The molecule has 28 heavy (non-hydrogen) atoms. The maximum atomic E-state index is 12.0. The van der Waals surface area contributed by atoms with Crippen molar-refractivity contribution in [3.8, 4) is 11.4 Å². The SMILES string of the molecule is COCCCNC(=O)CN1CCN(Cc2nc(-c3ccc(Cl)cc3)no2)CC1. The van der Waals surface area contributed by atoms with Crippen molar-refractivity contribution in [3.05, 3.63) is 35.2 Å². The first-order chi connectivity index (χ1) is 13.6. The van der Waals surface area contributed by atoms with E-state index in [1.54, 1.807) is 19.2 Å². The number of carbonyl (C=O) groups excluding carboxylic acids is 1. The van der Waals surface area contributed by atoms with Crippen molar-refractivity contribution in [2.24, 2.45) is 0 Å². The molecule has 0 aliphatic carbocycles. The minimum Gasteiger partial charge on any atom is -0.385 e. The number of halogens is 1. The second-order valence-electron chi connectivity index (χ2n) is 6.77. The zero-order valence-corrected chi connectivity index (χ0v) is 16.8. The van der Waals surface area contributed by atoms with Gasteiger partial charge in [-0.15, -0.1) is 0 Å². The van der Waals surface area contributed by atoms with Crippen molar-refractivity contribution < 1.29 is 14.1 Å². The molecule has 1 amide bonds. The number of piperazine rings is 1. The molecule has 0 spiro atoms. The van der Waals surface area contributed by atoms with Crippen LogP contribution in [0.5, 0.6) is 0 Å². The summed E-state index contributed by atoms with van der Waals surface area (Å²) in [4.78, 5) is 20.8. The van der Waals surface area contributed by atoms with Crippen LogP contribution in [0.15, 0.2) is 28.8 Å². The van der Waals surface area contributed by atoms with E-state index in [4.69, 9.17) is 20.9 Å². The van der Waals surface area contributed by atoms with Crippen molar-refractivity contribution in [1.82, 2.24) is 25.3 Å². The van der Waals surface area contributed by atoms with Crippen LogP contribution in [0.1, 0.15) is 12.3 Å². The van der Waals surface area contributed by atoms with Gasteiger partial charge in [-0.1, -0.05) is 16.8 Å². The highest BCUT2D eigenvalue weighted by Gasteiger charge is 2.21. The van der Waals surface area contributed by atoms with Gasteiger partial charge in [0, 0.05) is 57.0 Å². The van der Waals surface area contributed by atoms with Gasteiger partial charge < -0.3 is 14.6 Å². The number of nitrogens with zero attached hydrogens (tertiary/aromatic N) is 4. The largest absolute Gasteiger partial charge is 0.385 e. The van der Waals surface area contributed by atoms with E-state index in [0.29, 0.717) is 43.0 Å².